The lowest BCUT2D eigenvalue weighted by Gasteiger charge is -2.10. The Balaban J connectivity index is 1.90. The van der Waals surface area contributed by atoms with Crippen molar-refractivity contribution in [2.24, 2.45) is 15.8 Å². The summed E-state index contributed by atoms with van der Waals surface area (Å²) in [5.41, 5.74) is 13.6. The minimum absolute atomic E-state index is 0.363. The van der Waals surface area contributed by atoms with Crippen LogP contribution < -0.4 is 5.73 Å². The largest absolute Gasteiger partial charge is 0.382 e. The van der Waals surface area contributed by atoms with Crippen LogP contribution in [0.25, 0.3) is 44.5 Å². The van der Waals surface area contributed by atoms with Gasteiger partial charge in [0.1, 0.15) is 0 Å². The molecule has 2 heterocycles. The van der Waals surface area contributed by atoms with Gasteiger partial charge in [-0.2, -0.15) is 0 Å². The van der Waals surface area contributed by atoms with Crippen LogP contribution in [0.5, 0.6) is 0 Å². The number of aliphatic imine (C=N–C) groups is 1. The molecule has 0 fully saturated rings. The lowest BCUT2D eigenvalue weighted by atomic mass is 10.0. The topological polar surface area (TPSA) is 60.6 Å². The summed E-state index contributed by atoms with van der Waals surface area (Å²) in [6.45, 7) is 10.1. The molecule has 0 bridgehead atoms. The Hall–Kier alpha value is -4.64. The van der Waals surface area contributed by atoms with Gasteiger partial charge in [-0.05, 0) is 54.5 Å². The molecule has 0 spiro atoms. The summed E-state index contributed by atoms with van der Waals surface area (Å²) in [5.74, 6) is 0.363. The molecule has 0 aliphatic heterocycles. The Morgan fingerprint density at radius 3 is 2.49 bits per heavy atom. The van der Waals surface area contributed by atoms with Gasteiger partial charge in [-0.1, -0.05) is 55.6 Å². The number of hydrogen-bond donors (Lipinski definition) is 1. The third-order valence-electron chi connectivity index (χ3n) is 6.36. The van der Waals surface area contributed by atoms with Gasteiger partial charge >= 0.3 is 0 Å². The van der Waals surface area contributed by atoms with Gasteiger partial charge in [0.2, 0.25) is 0 Å². The van der Waals surface area contributed by atoms with Crippen molar-refractivity contribution in [2.45, 2.75) is 6.92 Å². The van der Waals surface area contributed by atoms with Crippen molar-refractivity contribution in [3.8, 4) is 5.69 Å². The molecule has 172 valence electrons. The quantitative estimate of drug-likeness (QED) is 0.174. The van der Waals surface area contributed by atoms with E-state index < -0.39 is 0 Å². The lowest BCUT2D eigenvalue weighted by Crippen LogP contribution is -2.15. The molecule has 0 saturated heterocycles. The minimum Gasteiger partial charge on any atom is -0.382 e. The molecule has 2 aromatic heterocycles. The predicted molar refractivity (Wildman–Crippen MR) is 151 cm³/mol. The summed E-state index contributed by atoms with van der Waals surface area (Å²) in [7, 11) is 1.71. The molecular weight excluding hydrogens is 430 g/mol. The van der Waals surface area contributed by atoms with Crippen LogP contribution in [0.2, 0.25) is 0 Å². The molecule has 5 heteroatoms. The van der Waals surface area contributed by atoms with E-state index in [0.717, 1.165) is 38.4 Å². The molecule has 0 aliphatic carbocycles. The Morgan fingerprint density at radius 1 is 0.971 bits per heavy atom. The van der Waals surface area contributed by atoms with Crippen LogP contribution in [-0.4, -0.2) is 28.3 Å². The van der Waals surface area contributed by atoms with Crippen LogP contribution in [0.3, 0.4) is 0 Å². The highest BCUT2D eigenvalue weighted by atomic mass is 15.4. The van der Waals surface area contributed by atoms with Gasteiger partial charge < -0.3 is 10.3 Å². The monoisotopic (exact) mass is 457 g/mol. The van der Waals surface area contributed by atoms with Gasteiger partial charge in [0, 0.05) is 46.9 Å². The average Bonchev–Trinajstić information content (AvgIpc) is 3.45. The predicted octanol–water partition coefficient (Wildman–Crippen LogP) is 6.62. The zero-order valence-electron chi connectivity index (χ0n) is 19.9. The standard InChI is InChI=1S/C30H27N5/c1-5-21-11-10-14-25-28(21)27-20(3)29-23(16-18-34(29)24-12-8-7-9-13-24)19-26(27)35(25)33-30(31)22(6-2)15-17-32-4/h5-19H,1-2H2,3-4H3,(H2,31,33)/b22-15+,32-17?. The molecule has 5 nitrogen and oxygen atoms in total. The SMILES string of the molecule is C=CC(=C\C=NC)/C(N)=N/n1c2cccc(C=C)c2c2c(C)c3c(ccn3-c3ccccc3)cc21. The number of nitrogens with two attached hydrogens (primary N) is 1. The number of aromatic nitrogens is 2. The minimum atomic E-state index is 0.363. The summed E-state index contributed by atoms with van der Waals surface area (Å²) in [5, 5.41) is 8.23. The van der Waals surface area contributed by atoms with Gasteiger partial charge in [0.25, 0.3) is 0 Å². The van der Waals surface area contributed by atoms with E-state index in [1.165, 1.54) is 11.1 Å². The molecule has 5 aromatic rings. The molecule has 0 amide bonds. The second-order valence-electron chi connectivity index (χ2n) is 8.33. The Morgan fingerprint density at radius 2 is 1.77 bits per heavy atom. The molecule has 0 unspecified atom stereocenters. The first kappa shape index (κ1) is 22.2. The van der Waals surface area contributed by atoms with E-state index in [1.54, 1.807) is 25.4 Å². The molecule has 0 saturated carbocycles. The van der Waals surface area contributed by atoms with Gasteiger partial charge in [-0.25, -0.2) is 4.68 Å². The number of hydrogen-bond acceptors (Lipinski definition) is 2. The number of nitrogens with zero attached hydrogens (tertiary/aromatic N) is 4. The molecule has 0 atom stereocenters. The number of benzene rings is 3. The highest BCUT2D eigenvalue weighted by Crippen LogP contribution is 2.39. The first-order valence-electron chi connectivity index (χ1n) is 11.4. The first-order valence-corrected chi connectivity index (χ1v) is 11.4. The lowest BCUT2D eigenvalue weighted by molar-refractivity contribution is 0.962. The van der Waals surface area contributed by atoms with E-state index in [1.807, 2.05) is 22.9 Å². The number of rotatable bonds is 6. The summed E-state index contributed by atoms with van der Waals surface area (Å²) in [6, 6.07) is 20.9. The van der Waals surface area contributed by atoms with E-state index in [2.05, 4.69) is 84.4 Å². The maximum absolute atomic E-state index is 6.45. The number of amidine groups is 1. The summed E-state index contributed by atoms with van der Waals surface area (Å²) < 4.78 is 4.17. The smallest absolute Gasteiger partial charge is 0.151 e. The van der Waals surface area contributed by atoms with E-state index in [0.29, 0.717) is 11.4 Å². The molecule has 5 rings (SSSR count). The molecule has 0 radical (unpaired) electrons. The van der Waals surface area contributed by atoms with Gasteiger partial charge in [0.15, 0.2) is 5.84 Å². The van der Waals surface area contributed by atoms with E-state index in [9.17, 15) is 0 Å². The fraction of sp³-hybridized carbons (Fsp3) is 0.0667. The fourth-order valence-corrected chi connectivity index (χ4v) is 4.77. The number of para-hydroxylation sites is 1. The molecule has 3 aromatic carbocycles. The second kappa shape index (κ2) is 8.95. The average molecular weight is 458 g/mol. The van der Waals surface area contributed by atoms with Crippen LogP contribution in [-0.2, 0) is 0 Å². The highest BCUT2D eigenvalue weighted by Gasteiger charge is 2.19. The van der Waals surface area contributed by atoms with Crippen molar-refractivity contribution in [1.82, 2.24) is 9.24 Å². The van der Waals surface area contributed by atoms with Crippen molar-refractivity contribution in [1.29, 1.82) is 0 Å². The third-order valence-corrected chi connectivity index (χ3v) is 6.36. The van der Waals surface area contributed by atoms with E-state index in [-0.39, 0.29) is 0 Å². The van der Waals surface area contributed by atoms with Crippen molar-refractivity contribution in [3.05, 3.63) is 109 Å². The Kier molecular flexibility index (Phi) is 5.67. The van der Waals surface area contributed by atoms with Crippen molar-refractivity contribution < 1.29 is 0 Å². The van der Waals surface area contributed by atoms with Crippen molar-refractivity contribution >= 4 is 50.8 Å². The first-order chi connectivity index (χ1) is 17.1. The highest BCUT2D eigenvalue weighted by molar-refractivity contribution is 6.17. The number of aryl methyl sites for hydroxylation is 1. The van der Waals surface area contributed by atoms with Crippen molar-refractivity contribution in [3.63, 3.8) is 0 Å². The van der Waals surface area contributed by atoms with Gasteiger partial charge in [-0.3, -0.25) is 4.99 Å². The normalized spacial score (nSPS) is 12.9. The summed E-state index contributed by atoms with van der Waals surface area (Å²) >= 11 is 0. The van der Waals surface area contributed by atoms with Crippen LogP contribution in [0, 0.1) is 6.92 Å². The second-order valence-corrected chi connectivity index (χ2v) is 8.33. The van der Waals surface area contributed by atoms with E-state index in [4.69, 9.17) is 10.8 Å². The Bertz CT molecular complexity index is 1690. The van der Waals surface area contributed by atoms with Crippen molar-refractivity contribution in [2.75, 3.05) is 7.05 Å². The molecule has 35 heavy (non-hydrogen) atoms. The molecule has 0 aliphatic rings. The third kappa shape index (κ3) is 3.58. The van der Waals surface area contributed by atoms with E-state index >= 15 is 0 Å². The summed E-state index contributed by atoms with van der Waals surface area (Å²) in [6.07, 6.45) is 9.19. The molecule has 2 N–H and O–H groups in total. The van der Waals surface area contributed by atoms with Crippen LogP contribution in [0.4, 0.5) is 0 Å². The van der Waals surface area contributed by atoms with Gasteiger partial charge in [-0.15, -0.1) is 5.10 Å². The number of allylic oxidation sites excluding steroid dienone is 1. The maximum atomic E-state index is 6.45. The van der Waals surface area contributed by atoms with Crippen LogP contribution in [0.15, 0.2) is 108 Å². The number of fused-ring (bicyclic) bond motifs is 4. The zero-order valence-corrected chi connectivity index (χ0v) is 19.9. The van der Waals surface area contributed by atoms with Crippen LogP contribution in [0.1, 0.15) is 11.1 Å². The van der Waals surface area contributed by atoms with Crippen LogP contribution >= 0.6 is 0 Å². The van der Waals surface area contributed by atoms with Gasteiger partial charge in [0.05, 0.1) is 16.6 Å². The summed E-state index contributed by atoms with van der Waals surface area (Å²) in [4.78, 5) is 4.02. The molecular formula is C30H27N5. The fourth-order valence-electron chi connectivity index (χ4n) is 4.77. The zero-order chi connectivity index (χ0) is 24.5. The Labute approximate surface area is 204 Å². The maximum Gasteiger partial charge on any atom is 0.151 e.